The minimum atomic E-state index is -3.57. The number of hydrogen-bond acceptors (Lipinski definition) is 5. The molecule has 0 aliphatic carbocycles. The molecule has 9 heteroatoms. The van der Waals surface area contributed by atoms with Gasteiger partial charge >= 0.3 is 0 Å². The molecule has 0 aliphatic heterocycles. The molecule has 1 N–H and O–H groups in total. The Bertz CT molecular complexity index is 1200. The van der Waals surface area contributed by atoms with E-state index >= 15 is 0 Å². The van der Waals surface area contributed by atoms with Crippen LogP contribution in [-0.4, -0.2) is 40.8 Å². The largest absolute Gasteiger partial charge is 0.493 e. The molecule has 3 rings (SSSR count). The SMILES string of the molecule is COc1ccccc1OCCNC(=O)c1ccc(N(Cc2ccccc2Cl)S(C)(=O)=O)cc1. The van der Waals surface area contributed by atoms with Gasteiger partial charge in [0, 0.05) is 10.6 Å². The zero-order chi connectivity index (χ0) is 23.8. The highest BCUT2D eigenvalue weighted by Crippen LogP contribution is 2.26. The Kier molecular flexibility index (Phi) is 8.19. The first kappa shape index (κ1) is 24.4. The second-order valence-corrected chi connectivity index (χ2v) is 9.48. The Morgan fingerprint density at radius 2 is 1.61 bits per heavy atom. The van der Waals surface area contributed by atoms with Gasteiger partial charge in [-0.05, 0) is 48.0 Å². The van der Waals surface area contributed by atoms with Gasteiger partial charge in [-0.15, -0.1) is 0 Å². The Morgan fingerprint density at radius 3 is 2.24 bits per heavy atom. The van der Waals surface area contributed by atoms with Crippen LogP contribution in [0.2, 0.25) is 5.02 Å². The van der Waals surface area contributed by atoms with Crippen molar-refractivity contribution in [3.05, 3.63) is 88.9 Å². The van der Waals surface area contributed by atoms with Crippen molar-refractivity contribution in [2.75, 3.05) is 30.8 Å². The van der Waals surface area contributed by atoms with Crippen LogP contribution in [0.25, 0.3) is 0 Å². The van der Waals surface area contributed by atoms with Crippen LogP contribution in [0.4, 0.5) is 5.69 Å². The maximum absolute atomic E-state index is 12.5. The van der Waals surface area contributed by atoms with Crippen LogP contribution in [-0.2, 0) is 16.6 Å². The monoisotopic (exact) mass is 488 g/mol. The lowest BCUT2D eigenvalue weighted by Crippen LogP contribution is -2.30. The number of nitrogens with one attached hydrogen (secondary N) is 1. The summed E-state index contributed by atoms with van der Waals surface area (Å²) in [7, 11) is -2.01. The quantitative estimate of drug-likeness (QED) is 0.434. The summed E-state index contributed by atoms with van der Waals surface area (Å²) < 4.78 is 36.9. The van der Waals surface area contributed by atoms with Gasteiger partial charge in [-0.25, -0.2) is 8.42 Å². The van der Waals surface area contributed by atoms with Gasteiger partial charge in [0.1, 0.15) is 6.61 Å². The Hall–Kier alpha value is -3.23. The minimum Gasteiger partial charge on any atom is -0.493 e. The van der Waals surface area contributed by atoms with E-state index in [4.69, 9.17) is 21.1 Å². The number of rotatable bonds is 10. The molecular weight excluding hydrogens is 464 g/mol. The number of carbonyl (C=O) groups excluding carboxylic acids is 1. The Labute approximate surface area is 198 Å². The topological polar surface area (TPSA) is 84.9 Å². The number of anilines is 1. The number of amides is 1. The van der Waals surface area contributed by atoms with Crippen molar-refractivity contribution < 1.29 is 22.7 Å². The number of para-hydroxylation sites is 2. The van der Waals surface area contributed by atoms with Crippen LogP contribution >= 0.6 is 11.6 Å². The Morgan fingerprint density at radius 1 is 0.970 bits per heavy atom. The second kappa shape index (κ2) is 11.1. The number of hydrogen-bond donors (Lipinski definition) is 1. The van der Waals surface area contributed by atoms with E-state index in [0.717, 1.165) is 6.26 Å². The molecule has 7 nitrogen and oxygen atoms in total. The van der Waals surface area contributed by atoms with Gasteiger partial charge in [0.25, 0.3) is 5.91 Å². The highest BCUT2D eigenvalue weighted by Gasteiger charge is 2.19. The minimum absolute atomic E-state index is 0.0876. The molecule has 0 aliphatic rings. The van der Waals surface area contributed by atoms with Gasteiger partial charge in [0.05, 0.1) is 32.1 Å². The molecule has 0 spiro atoms. The number of nitrogens with zero attached hydrogens (tertiary/aromatic N) is 1. The fraction of sp³-hybridized carbons (Fsp3) is 0.208. The van der Waals surface area contributed by atoms with Gasteiger partial charge in [0.2, 0.25) is 10.0 Å². The highest BCUT2D eigenvalue weighted by atomic mass is 35.5. The summed E-state index contributed by atoms with van der Waals surface area (Å²) in [5.41, 5.74) is 1.53. The van der Waals surface area contributed by atoms with E-state index < -0.39 is 10.0 Å². The Balaban J connectivity index is 1.61. The normalized spacial score (nSPS) is 11.0. The average Bonchev–Trinajstić information content (AvgIpc) is 2.81. The molecular formula is C24H25ClN2O5S. The van der Waals surface area contributed by atoms with Crippen molar-refractivity contribution in [3.63, 3.8) is 0 Å². The first-order valence-corrected chi connectivity index (χ1v) is 12.4. The van der Waals surface area contributed by atoms with E-state index in [1.54, 1.807) is 67.8 Å². The number of carbonyl (C=O) groups is 1. The average molecular weight is 489 g/mol. The third-order valence-electron chi connectivity index (χ3n) is 4.80. The summed E-state index contributed by atoms with van der Waals surface area (Å²) in [5, 5.41) is 3.26. The smallest absolute Gasteiger partial charge is 0.251 e. The van der Waals surface area contributed by atoms with Crippen LogP contribution in [0, 0.1) is 0 Å². The van der Waals surface area contributed by atoms with Crippen molar-refractivity contribution >= 4 is 33.2 Å². The lowest BCUT2D eigenvalue weighted by molar-refractivity contribution is 0.0947. The lowest BCUT2D eigenvalue weighted by Gasteiger charge is -2.23. The van der Waals surface area contributed by atoms with E-state index in [-0.39, 0.29) is 19.1 Å². The molecule has 0 unspecified atom stereocenters. The van der Waals surface area contributed by atoms with Crippen LogP contribution in [0.5, 0.6) is 11.5 Å². The molecule has 3 aromatic rings. The molecule has 0 aromatic heterocycles. The zero-order valence-corrected chi connectivity index (χ0v) is 19.9. The third-order valence-corrected chi connectivity index (χ3v) is 6.31. The lowest BCUT2D eigenvalue weighted by atomic mass is 10.1. The van der Waals surface area contributed by atoms with E-state index in [0.29, 0.717) is 39.9 Å². The van der Waals surface area contributed by atoms with E-state index in [1.165, 1.54) is 4.31 Å². The number of ether oxygens (including phenoxy) is 2. The molecule has 0 saturated carbocycles. The van der Waals surface area contributed by atoms with Crippen LogP contribution in [0.3, 0.4) is 0 Å². The number of halogens is 1. The first-order valence-electron chi connectivity index (χ1n) is 10.1. The summed E-state index contributed by atoms with van der Waals surface area (Å²) >= 11 is 6.20. The molecule has 0 radical (unpaired) electrons. The summed E-state index contributed by atoms with van der Waals surface area (Å²) in [6.45, 7) is 0.648. The van der Waals surface area contributed by atoms with Crippen molar-refractivity contribution in [2.45, 2.75) is 6.54 Å². The number of methoxy groups -OCH3 is 1. The predicted molar refractivity (Wildman–Crippen MR) is 130 cm³/mol. The second-order valence-electron chi connectivity index (χ2n) is 7.16. The highest BCUT2D eigenvalue weighted by molar-refractivity contribution is 7.92. The number of benzene rings is 3. The van der Waals surface area contributed by atoms with Crippen LogP contribution in [0.15, 0.2) is 72.8 Å². The van der Waals surface area contributed by atoms with Gasteiger partial charge in [-0.1, -0.05) is 41.9 Å². The van der Waals surface area contributed by atoms with Crippen LogP contribution < -0.4 is 19.1 Å². The fourth-order valence-electron chi connectivity index (χ4n) is 3.13. The third kappa shape index (κ3) is 6.63. The van der Waals surface area contributed by atoms with E-state index in [2.05, 4.69) is 5.32 Å². The van der Waals surface area contributed by atoms with E-state index in [9.17, 15) is 13.2 Å². The van der Waals surface area contributed by atoms with E-state index in [1.807, 2.05) is 12.1 Å². The molecule has 0 bridgehead atoms. The molecule has 0 atom stereocenters. The van der Waals surface area contributed by atoms with Gasteiger partial charge < -0.3 is 14.8 Å². The standard InChI is InChI=1S/C24H25ClN2O5S/c1-31-22-9-5-6-10-23(22)32-16-15-26-24(28)18-11-13-20(14-12-18)27(33(2,29)30)17-19-7-3-4-8-21(19)25/h3-14H,15-17H2,1-2H3,(H,26,28). The molecule has 0 saturated heterocycles. The van der Waals surface area contributed by atoms with Gasteiger partial charge in [-0.2, -0.15) is 0 Å². The zero-order valence-electron chi connectivity index (χ0n) is 18.3. The molecule has 0 fully saturated rings. The molecule has 0 heterocycles. The predicted octanol–water partition coefficient (Wildman–Crippen LogP) is 4.12. The summed E-state index contributed by atoms with van der Waals surface area (Å²) in [6, 6.07) is 20.7. The number of sulfonamides is 1. The maximum Gasteiger partial charge on any atom is 0.251 e. The van der Waals surface area contributed by atoms with Crippen molar-refractivity contribution in [1.29, 1.82) is 0 Å². The molecule has 1 amide bonds. The summed E-state index contributed by atoms with van der Waals surface area (Å²) in [5.74, 6) is 0.923. The van der Waals surface area contributed by atoms with Crippen LogP contribution in [0.1, 0.15) is 15.9 Å². The fourth-order valence-corrected chi connectivity index (χ4v) is 4.20. The van der Waals surface area contributed by atoms with Crippen molar-refractivity contribution in [2.24, 2.45) is 0 Å². The summed E-state index contributed by atoms with van der Waals surface area (Å²) in [6.07, 6.45) is 1.13. The summed E-state index contributed by atoms with van der Waals surface area (Å²) in [4.78, 5) is 12.5. The van der Waals surface area contributed by atoms with Crippen molar-refractivity contribution in [1.82, 2.24) is 5.32 Å². The molecule has 33 heavy (non-hydrogen) atoms. The molecule has 174 valence electrons. The van der Waals surface area contributed by atoms with Gasteiger partial charge in [0.15, 0.2) is 11.5 Å². The van der Waals surface area contributed by atoms with Gasteiger partial charge in [-0.3, -0.25) is 9.10 Å². The first-order chi connectivity index (χ1) is 15.8. The van der Waals surface area contributed by atoms with Crippen molar-refractivity contribution in [3.8, 4) is 11.5 Å². The molecule has 3 aromatic carbocycles. The maximum atomic E-state index is 12.5.